The van der Waals surface area contributed by atoms with Crippen molar-refractivity contribution in [2.75, 3.05) is 11.9 Å². The zero-order valence-electron chi connectivity index (χ0n) is 16.2. The topological polar surface area (TPSA) is 96.3 Å². The van der Waals surface area contributed by atoms with Crippen LogP contribution in [0.4, 0.5) is 5.69 Å². The average Bonchev–Trinajstić information content (AvgIpc) is 2.77. The van der Waals surface area contributed by atoms with Gasteiger partial charge in [-0.1, -0.05) is 48.5 Å². The first-order valence-corrected chi connectivity index (χ1v) is 9.16. The van der Waals surface area contributed by atoms with E-state index in [1.165, 1.54) is 6.92 Å². The Morgan fingerprint density at radius 1 is 0.933 bits per heavy atom. The Labute approximate surface area is 173 Å². The van der Waals surface area contributed by atoms with Crippen molar-refractivity contribution >= 4 is 23.3 Å². The molecule has 3 rings (SSSR count). The Balaban J connectivity index is 1.72. The van der Waals surface area contributed by atoms with E-state index in [1.807, 2.05) is 0 Å². The Morgan fingerprint density at radius 2 is 1.63 bits per heavy atom. The van der Waals surface area contributed by atoms with Crippen LogP contribution >= 0.6 is 0 Å². The normalized spacial score (nSPS) is 10.0. The van der Waals surface area contributed by atoms with Gasteiger partial charge in [0.15, 0.2) is 12.4 Å². The molecule has 1 amide bonds. The summed E-state index contributed by atoms with van der Waals surface area (Å²) < 4.78 is 5.17. The van der Waals surface area contributed by atoms with Gasteiger partial charge >= 0.3 is 5.97 Å². The van der Waals surface area contributed by atoms with E-state index in [0.717, 1.165) is 0 Å². The predicted molar refractivity (Wildman–Crippen MR) is 112 cm³/mol. The number of Topliss-reactive ketones (excluding diaryl/α,β-unsaturated/α-hetero) is 1. The van der Waals surface area contributed by atoms with Gasteiger partial charge in [0.05, 0.1) is 17.2 Å². The number of nitrogens with one attached hydrogen (secondary N) is 1. The molecule has 6 heteroatoms. The molecule has 0 aliphatic carbocycles. The highest BCUT2D eigenvalue weighted by Gasteiger charge is 2.17. The van der Waals surface area contributed by atoms with E-state index in [2.05, 4.69) is 11.4 Å². The number of ketones is 1. The van der Waals surface area contributed by atoms with Gasteiger partial charge in [-0.3, -0.25) is 9.59 Å². The van der Waals surface area contributed by atoms with Crippen LogP contribution in [0.5, 0.6) is 0 Å². The highest BCUT2D eigenvalue weighted by atomic mass is 16.5. The molecular formula is C24H18N2O4. The summed E-state index contributed by atoms with van der Waals surface area (Å²) in [6, 6.07) is 22.3. The molecule has 0 radical (unpaired) electrons. The molecule has 0 saturated heterocycles. The van der Waals surface area contributed by atoms with E-state index in [1.54, 1.807) is 72.8 Å². The van der Waals surface area contributed by atoms with Crippen LogP contribution in [0.25, 0.3) is 11.1 Å². The van der Waals surface area contributed by atoms with Crippen LogP contribution in [0.2, 0.25) is 0 Å². The van der Waals surface area contributed by atoms with Gasteiger partial charge in [-0.05, 0) is 36.8 Å². The van der Waals surface area contributed by atoms with Crippen molar-refractivity contribution in [3.05, 3.63) is 89.5 Å². The Morgan fingerprint density at radius 3 is 2.37 bits per heavy atom. The Hall–Kier alpha value is -4.24. The maximum absolute atomic E-state index is 12.6. The summed E-state index contributed by atoms with van der Waals surface area (Å²) in [6.45, 7) is 0.946. The molecule has 3 aromatic carbocycles. The van der Waals surface area contributed by atoms with Gasteiger partial charge in [0.1, 0.15) is 0 Å². The summed E-state index contributed by atoms with van der Waals surface area (Å²) in [4.78, 5) is 36.2. The van der Waals surface area contributed by atoms with E-state index in [0.29, 0.717) is 27.9 Å². The van der Waals surface area contributed by atoms with E-state index in [9.17, 15) is 19.6 Å². The maximum Gasteiger partial charge on any atom is 0.339 e. The highest BCUT2D eigenvalue weighted by Crippen LogP contribution is 2.27. The van der Waals surface area contributed by atoms with Gasteiger partial charge in [0, 0.05) is 16.8 Å². The number of anilines is 1. The number of ether oxygens (including phenoxy) is 1. The number of hydrogen-bond donors (Lipinski definition) is 1. The Kier molecular flexibility index (Phi) is 6.36. The van der Waals surface area contributed by atoms with Gasteiger partial charge in [0.2, 0.25) is 0 Å². The number of nitriles is 1. The first-order chi connectivity index (χ1) is 14.5. The fourth-order valence-electron chi connectivity index (χ4n) is 2.93. The SMILES string of the molecule is CC(=O)c1cccc(NC(=O)COC(=O)c2ccccc2-c2ccccc2C#N)c1. The minimum absolute atomic E-state index is 0.119. The number of benzene rings is 3. The van der Waals surface area contributed by atoms with Crippen LogP contribution < -0.4 is 5.32 Å². The monoisotopic (exact) mass is 398 g/mol. The second-order valence-corrected chi connectivity index (χ2v) is 6.46. The molecule has 0 saturated carbocycles. The van der Waals surface area contributed by atoms with Crippen molar-refractivity contribution in [2.45, 2.75) is 6.92 Å². The number of rotatable bonds is 6. The summed E-state index contributed by atoms with van der Waals surface area (Å²) >= 11 is 0. The van der Waals surface area contributed by atoms with E-state index in [4.69, 9.17) is 4.74 Å². The van der Waals surface area contributed by atoms with Crippen molar-refractivity contribution in [1.82, 2.24) is 0 Å². The van der Waals surface area contributed by atoms with Crippen molar-refractivity contribution < 1.29 is 19.1 Å². The van der Waals surface area contributed by atoms with Crippen LogP contribution in [-0.2, 0) is 9.53 Å². The van der Waals surface area contributed by atoms with Crippen molar-refractivity contribution in [2.24, 2.45) is 0 Å². The molecule has 6 nitrogen and oxygen atoms in total. The number of nitrogens with zero attached hydrogens (tertiary/aromatic N) is 1. The maximum atomic E-state index is 12.6. The molecule has 0 unspecified atom stereocenters. The van der Waals surface area contributed by atoms with Gasteiger partial charge < -0.3 is 10.1 Å². The summed E-state index contributed by atoms with van der Waals surface area (Å²) in [5.74, 6) is -1.32. The number of hydrogen-bond acceptors (Lipinski definition) is 5. The number of esters is 1. The molecule has 0 aliphatic rings. The summed E-state index contributed by atoms with van der Waals surface area (Å²) in [7, 11) is 0. The van der Waals surface area contributed by atoms with E-state index >= 15 is 0 Å². The first-order valence-electron chi connectivity index (χ1n) is 9.16. The second-order valence-electron chi connectivity index (χ2n) is 6.46. The lowest BCUT2D eigenvalue weighted by atomic mass is 9.96. The fraction of sp³-hybridized carbons (Fsp3) is 0.0833. The Bertz CT molecular complexity index is 1160. The minimum atomic E-state index is -0.675. The van der Waals surface area contributed by atoms with Crippen molar-refractivity contribution in [1.29, 1.82) is 5.26 Å². The quantitative estimate of drug-likeness (QED) is 0.495. The fourth-order valence-corrected chi connectivity index (χ4v) is 2.93. The number of carbonyl (C=O) groups is 3. The molecular weight excluding hydrogens is 380 g/mol. The predicted octanol–water partition coefficient (Wildman–Crippen LogP) is 4.22. The average molecular weight is 398 g/mol. The number of carbonyl (C=O) groups excluding carboxylic acids is 3. The smallest absolute Gasteiger partial charge is 0.339 e. The third-order valence-corrected chi connectivity index (χ3v) is 4.37. The molecule has 3 aromatic rings. The zero-order valence-corrected chi connectivity index (χ0v) is 16.2. The molecule has 0 heterocycles. The lowest BCUT2D eigenvalue weighted by Gasteiger charge is -2.11. The lowest BCUT2D eigenvalue weighted by molar-refractivity contribution is -0.119. The molecule has 0 spiro atoms. The van der Waals surface area contributed by atoms with Crippen LogP contribution in [0, 0.1) is 11.3 Å². The van der Waals surface area contributed by atoms with Gasteiger partial charge in [-0.2, -0.15) is 5.26 Å². The summed E-state index contributed by atoms with van der Waals surface area (Å²) in [6.07, 6.45) is 0. The standard InChI is InChI=1S/C24H18N2O4/c1-16(27)17-8-6-9-19(13-17)26-23(28)15-30-24(29)22-12-5-4-11-21(22)20-10-3-2-7-18(20)14-25/h2-13H,15H2,1H3,(H,26,28). The van der Waals surface area contributed by atoms with Crippen LogP contribution in [0.15, 0.2) is 72.8 Å². The van der Waals surface area contributed by atoms with Crippen LogP contribution in [0.1, 0.15) is 33.2 Å². The molecule has 0 fully saturated rings. The zero-order chi connectivity index (χ0) is 21.5. The molecule has 0 bridgehead atoms. The lowest BCUT2D eigenvalue weighted by Crippen LogP contribution is -2.21. The molecule has 0 atom stereocenters. The highest BCUT2D eigenvalue weighted by molar-refractivity contribution is 6.00. The van der Waals surface area contributed by atoms with Gasteiger partial charge in [0.25, 0.3) is 5.91 Å². The van der Waals surface area contributed by atoms with Crippen molar-refractivity contribution in [3.8, 4) is 17.2 Å². The van der Waals surface area contributed by atoms with Crippen molar-refractivity contribution in [3.63, 3.8) is 0 Å². The van der Waals surface area contributed by atoms with Crippen LogP contribution in [-0.4, -0.2) is 24.3 Å². The first kappa shape index (κ1) is 20.5. The van der Waals surface area contributed by atoms with E-state index < -0.39 is 18.5 Å². The van der Waals surface area contributed by atoms with Gasteiger partial charge in [-0.25, -0.2) is 4.79 Å². The molecule has 0 aliphatic heterocycles. The third kappa shape index (κ3) is 4.78. The molecule has 30 heavy (non-hydrogen) atoms. The van der Waals surface area contributed by atoms with Crippen LogP contribution in [0.3, 0.4) is 0 Å². The van der Waals surface area contributed by atoms with Gasteiger partial charge in [-0.15, -0.1) is 0 Å². The molecule has 0 aromatic heterocycles. The summed E-state index contributed by atoms with van der Waals surface area (Å²) in [5.41, 5.74) is 2.75. The molecule has 148 valence electrons. The second kappa shape index (κ2) is 9.30. The largest absolute Gasteiger partial charge is 0.452 e. The number of amides is 1. The summed E-state index contributed by atoms with van der Waals surface area (Å²) in [5, 5.41) is 11.9. The third-order valence-electron chi connectivity index (χ3n) is 4.37. The van der Waals surface area contributed by atoms with E-state index in [-0.39, 0.29) is 11.3 Å². The molecule has 1 N–H and O–H groups in total. The minimum Gasteiger partial charge on any atom is -0.452 e.